The molecule has 0 fully saturated rings. The van der Waals surface area contributed by atoms with Crippen LogP contribution in [0.2, 0.25) is 0 Å². The monoisotopic (exact) mass is 820 g/mol. The summed E-state index contributed by atoms with van der Waals surface area (Å²) in [5.74, 6) is 0. The number of anilines is 5. The summed E-state index contributed by atoms with van der Waals surface area (Å²) < 4.78 is 3.96. The lowest BCUT2D eigenvalue weighted by molar-refractivity contribution is 0.590. The molecule has 12 rings (SSSR count). The lowest BCUT2D eigenvalue weighted by Gasteiger charge is -2.45. The van der Waals surface area contributed by atoms with E-state index >= 15 is 0 Å². The molecule has 0 radical (unpaired) electrons. The van der Waals surface area contributed by atoms with Gasteiger partial charge in [-0.3, -0.25) is 0 Å². The van der Waals surface area contributed by atoms with Gasteiger partial charge in [0.1, 0.15) is 0 Å². The smallest absolute Gasteiger partial charge is 0.334 e. The van der Waals surface area contributed by atoms with Gasteiger partial charge in [-0.25, -0.2) is 0 Å². The molecule has 2 aliphatic rings. The van der Waals surface area contributed by atoms with E-state index in [0.29, 0.717) is 0 Å². The molecule has 4 heterocycles. The molecule has 0 aliphatic carbocycles. The van der Waals surface area contributed by atoms with E-state index in [4.69, 9.17) is 0 Å². The summed E-state index contributed by atoms with van der Waals surface area (Å²) in [5, 5.41) is 7.76. The predicted octanol–water partition coefficient (Wildman–Crippen LogP) is 15.4. The molecular formula is C56H45BN2S2. The molecule has 0 saturated carbocycles. The Hall–Kier alpha value is -6.14. The highest BCUT2D eigenvalue weighted by atomic mass is 32.1. The van der Waals surface area contributed by atoms with Gasteiger partial charge in [0.05, 0.1) is 26.8 Å². The van der Waals surface area contributed by atoms with Crippen LogP contribution >= 0.6 is 22.7 Å². The third-order valence-electron chi connectivity index (χ3n) is 13.2. The first kappa shape index (κ1) is 36.7. The molecule has 0 saturated heterocycles. The van der Waals surface area contributed by atoms with E-state index in [1.165, 1.54) is 113 Å². The quantitative estimate of drug-likeness (QED) is 0.164. The first-order valence-electron chi connectivity index (χ1n) is 21.5. The SMILES string of the molecule is CC(C)(C)c1ccc(N2B3c4c(cc5ccccc5c4N(c4ccc(C(C)(C)C)cc4-c4ccccc4)c4sc5ccccc5c43)-c3ccc4c(sc5ccccc54)c32)cc1. The fraction of sp³-hybridized carbons (Fsp3) is 0.143. The minimum absolute atomic E-state index is 0.0128. The maximum absolute atomic E-state index is 2.73. The Morgan fingerprint density at radius 2 is 1.10 bits per heavy atom. The second-order valence-electron chi connectivity index (χ2n) is 18.9. The molecule has 2 nitrogen and oxygen atoms in total. The summed E-state index contributed by atoms with van der Waals surface area (Å²) >= 11 is 3.86. The van der Waals surface area contributed by atoms with Gasteiger partial charge >= 0.3 is 6.85 Å². The lowest BCUT2D eigenvalue weighted by atomic mass is 9.43. The van der Waals surface area contributed by atoms with Crippen molar-refractivity contribution < 1.29 is 0 Å². The highest BCUT2D eigenvalue weighted by Gasteiger charge is 2.48. The summed E-state index contributed by atoms with van der Waals surface area (Å²) in [4.78, 5) is 5.40. The number of nitrogens with zero attached hydrogens (tertiary/aromatic N) is 2. The number of rotatable bonds is 3. The van der Waals surface area contributed by atoms with Crippen molar-refractivity contribution in [3.63, 3.8) is 0 Å². The predicted molar refractivity (Wildman–Crippen MR) is 269 cm³/mol. The van der Waals surface area contributed by atoms with Crippen LogP contribution in [0, 0.1) is 0 Å². The standard InChI is InChI=1S/C56H45BN2S2/c1-55(2,3)36-24-27-38(28-25-36)59-52-41(29-30-42-40-20-12-14-22-47(40)60-53(42)52)45-32-35-18-10-11-19-39(35)51-49(45)57(59)50-43-21-13-15-23-48(43)61-54(50)58(51)46-31-26-37(56(4,5)6)33-44(46)34-16-8-7-9-17-34/h7-33H,1-6H3. The highest BCUT2D eigenvalue weighted by Crippen LogP contribution is 2.56. The summed E-state index contributed by atoms with van der Waals surface area (Å²) in [6.07, 6.45) is 0. The molecular weight excluding hydrogens is 776 g/mol. The summed E-state index contributed by atoms with van der Waals surface area (Å²) in [5.41, 5.74) is 15.5. The number of fused-ring (bicyclic) bond motifs is 12. The van der Waals surface area contributed by atoms with Crippen LogP contribution in [0.25, 0.3) is 63.3 Å². The van der Waals surface area contributed by atoms with E-state index in [9.17, 15) is 0 Å². The summed E-state index contributed by atoms with van der Waals surface area (Å²) in [6, 6.07) is 62.2. The van der Waals surface area contributed by atoms with Gasteiger partial charge in [-0.2, -0.15) is 0 Å². The lowest BCUT2D eigenvalue weighted by Crippen LogP contribution is -2.61. The first-order valence-corrected chi connectivity index (χ1v) is 23.1. The van der Waals surface area contributed by atoms with Gasteiger partial charge in [0.15, 0.2) is 0 Å². The normalized spacial score (nSPS) is 13.6. The number of benzene rings is 8. The topological polar surface area (TPSA) is 6.48 Å². The minimum atomic E-state index is -0.0881. The molecule has 61 heavy (non-hydrogen) atoms. The zero-order chi connectivity index (χ0) is 41.4. The maximum Gasteiger partial charge on any atom is 0.334 e. The summed E-state index contributed by atoms with van der Waals surface area (Å²) in [7, 11) is 0. The largest absolute Gasteiger partial charge is 0.375 e. The zero-order valence-electron chi connectivity index (χ0n) is 35.4. The molecule has 0 amide bonds. The van der Waals surface area contributed by atoms with Crippen LogP contribution in [-0.2, 0) is 10.8 Å². The van der Waals surface area contributed by atoms with Crippen LogP contribution < -0.4 is 20.6 Å². The third-order valence-corrected chi connectivity index (χ3v) is 15.5. The van der Waals surface area contributed by atoms with Gasteiger partial charge in [0.2, 0.25) is 0 Å². The van der Waals surface area contributed by atoms with Crippen molar-refractivity contribution >= 4 is 109 Å². The molecule has 0 bridgehead atoms. The Morgan fingerprint density at radius 3 is 1.84 bits per heavy atom. The zero-order valence-corrected chi connectivity index (χ0v) is 37.0. The number of hydrogen-bond acceptors (Lipinski definition) is 4. The Kier molecular flexibility index (Phi) is 7.93. The molecule has 294 valence electrons. The molecule has 8 aromatic carbocycles. The van der Waals surface area contributed by atoms with Crippen molar-refractivity contribution in [1.29, 1.82) is 0 Å². The van der Waals surface area contributed by atoms with E-state index in [0.717, 1.165) is 0 Å². The Bertz CT molecular complexity index is 3400. The Labute approximate surface area is 366 Å². The van der Waals surface area contributed by atoms with E-state index in [2.05, 4.69) is 215 Å². The Morgan fingerprint density at radius 1 is 0.459 bits per heavy atom. The molecule has 2 aliphatic heterocycles. The second kappa shape index (κ2) is 13.2. The van der Waals surface area contributed by atoms with Gasteiger partial charge in [0.25, 0.3) is 0 Å². The molecule has 0 N–H and O–H groups in total. The molecule has 0 spiro atoms. The van der Waals surface area contributed by atoms with Gasteiger partial charge in [-0.15, -0.1) is 22.7 Å². The molecule has 2 aromatic heterocycles. The number of thiophene rings is 2. The van der Waals surface area contributed by atoms with E-state index in [1.54, 1.807) is 0 Å². The highest BCUT2D eigenvalue weighted by molar-refractivity contribution is 7.27. The van der Waals surface area contributed by atoms with Crippen molar-refractivity contribution in [1.82, 2.24) is 0 Å². The number of hydrogen-bond donors (Lipinski definition) is 0. The third kappa shape index (κ3) is 5.46. The van der Waals surface area contributed by atoms with Crippen molar-refractivity contribution in [2.24, 2.45) is 0 Å². The van der Waals surface area contributed by atoms with Gasteiger partial charge in [-0.1, -0.05) is 163 Å². The fourth-order valence-corrected chi connectivity index (χ4v) is 12.6. The van der Waals surface area contributed by atoms with Crippen molar-refractivity contribution in [2.75, 3.05) is 9.71 Å². The van der Waals surface area contributed by atoms with Crippen molar-refractivity contribution in [3.05, 3.63) is 175 Å². The van der Waals surface area contributed by atoms with Gasteiger partial charge in [0, 0.05) is 42.4 Å². The second-order valence-corrected chi connectivity index (χ2v) is 21.0. The fourth-order valence-electron chi connectivity index (χ4n) is 10.1. The van der Waals surface area contributed by atoms with Crippen LogP contribution in [0.15, 0.2) is 164 Å². The van der Waals surface area contributed by atoms with Crippen LogP contribution in [-0.4, -0.2) is 6.85 Å². The molecule has 10 aromatic rings. The average molecular weight is 821 g/mol. The van der Waals surface area contributed by atoms with Crippen molar-refractivity contribution in [2.45, 2.75) is 52.4 Å². The van der Waals surface area contributed by atoms with Gasteiger partial charge in [-0.05, 0) is 97.2 Å². The van der Waals surface area contributed by atoms with E-state index in [-0.39, 0.29) is 17.7 Å². The van der Waals surface area contributed by atoms with Crippen molar-refractivity contribution in [3.8, 4) is 22.3 Å². The first-order chi connectivity index (χ1) is 29.5. The van der Waals surface area contributed by atoms with Crippen LogP contribution in [0.1, 0.15) is 52.7 Å². The van der Waals surface area contributed by atoms with Crippen LogP contribution in [0.3, 0.4) is 0 Å². The van der Waals surface area contributed by atoms with E-state index in [1.807, 2.05) is 22.7 Å². The summed E-state index contributed by atoms with van der Waals surface area (Å²) in [6.45, 7) is 13.8. The molecule has 5 heteroatoms. The van der Waals surface area contributed by atoms with Gasteiger partial charge < -0.3 is 9.71 Å². The molecule has 0 atom stereocenters. The maximum atomic E-state index is 2.73. The Balaban J connectivity index is 1.26. The molecule has 0 unspecified atom stereocenters. The minimum Gasteiger partial charge on any atom is -0.375 e. The van der Waals surface area contributed by atoms with Crippen LogP contribution in [0.5, 0.6) is 0 Å². The average Bonchev–Trinajstić information content (AvgIpc) is 3.85. The van der Waals surface area contributed by atoms with E-state index < -0.39 is 0 Å². The van der Waals surface area contributed by atoms with Crippen LogP contribution in [0.4, 0.5) is 27.8 Å².